The smallest absolute Gasteiger partial charge is 0.316 e. The Morgan fingerprint density at radius 3 is 2.86 bits per heavy atom. The van der Waals surface area contributed by atoms with Gasteiger partial charge in [0, 0.05) is 7.05 Å². The summed E-state index contributed by atoms with van der Waals surface area (Å²) >= 11 is 0. The highest BCUT2D eigenvalue weighted by atomic mass is 16.5. The lowest BCUT2D eigenvalue weighted by atomic mass is 10.4. The van der Waals surface area contributed by atoms with Crippen LogP contribution in [0.25, 0.3) is 0 Å². The van der Waals surface area contributed by atoms with Crippen LogP contribution < -0.4 is 15.7 Å². The van der Waals surface area contributed by atoms with E-state index in [1.807, 2.05) is 6.92 Å². The molecule has 0 saturated carbocycles. The molecule has 0 bridgehead atoms. The molecule has 0 unspecified atom stereocenters. The Morgan fingerprint density at radius 1 is 1.50 bits per heavy atom. The van der Waals surface area contributed by atoms with E-state index in [9.17, 15) is 9.59 Å². The van der Waals surface area contributed by atoms with Crippen LogP contribution in [-0.2, 0) is 7.05 Å². The van der Waals surface area contributed by atoms with Crippen LogP contribution in [0.1, 0.15) is 19.8 Å². The van der Waals surface area contributed by atoms with E-state index in [1.165, 1.54) is 13.2 Å². The molecule has 1 aromatic rings. The van der Waals surface area contributed by atoms with Gasteiger partial charge in [-0.15, -0.1) is 0 Å². The summed E-state index contributed by atoms with van der Waals surface area (Å²) < 4.78 is 6.28. The summed E-state index contributed by atoms with van der Waals surface area (Å²) in [5, 5.41) is 2.62. The predicted octanol–water partition coefficient (Wildman–Crippen LogP) is 0.253. The number of nitrogens with one attached hydrogen (secondary N) is 1. The van der Waals surface area contributed by atoms with Crippen molar-refractivity contribution in [1.82, 2.24) is 9.78 Å². The number of rotatable bonds is 4. The molecule has 0 aromatic carbocycles. The predicted molar refractivity (Wildman–Crippen MR) is 52.7 cm³/mol. The molecule has 0 atom stereocenters. The minimum absolute atomic E-state index is 0.0987. The Labute approximate surface area is 81.3 Å². The zero-order valence-corrected chi connectivity index (χ0v) is 8.37. The van der Waals surface area contributed by atoms with Gasteiger partial charge in [-0.1, -0.05) is 13.3 Å². The van der Waals surface area contributed by atoms with Crippen molar-refractivity contribution in [3.63, 3.8) is 0 Å². The molecule has 1 N–H and O–H groups in total. The Bertz CT molecular complexity index is 405. The molecule has 0 amide bonds. The molecule has 14 heavy (non-hydrogen) atoms. The maximum Gasteiger partial charge on any atom is 0.316 e. The molecule has 1 aromatic heterocycles. The first-order valence-electron chi connectivity index (χ1n) is 4.58. The Kier molecular flexibility index (Phi) is 3.50. The van der Waals surface area contributed by atoms with Gasteiger partial charge in [0.15, 0.2) is 5.75 Å². The van der Waals surface area contributed by atoms with Crippen LogP contribution in [0, 0.1) is 0 Å². The van der Waals surface area contributed by atoms with Crippen LogP contribution in [0.2, 0.25) is 0 Å². The van der Waals surface area contributed by atoms with E-state index in [0.717, 1.165) is 17.5 Å². The second-order valence-electron chi connectivity index (χ2n) is 3.03. The normalized spacial score (nSPS) is 10.1. The van der Waals surface area contributed by atoms with Gasteiger partial charge in [-0.2, -0.15) is 0 Å². The molecule has 0 aliphatic heterocycles. The highest BCUT2D eigenvalue weighted by Gasteiger charge is 2.05. The summed E-state index contributed by atoms with van der Waals surface area (Å²) in [6, 6.07) is 0. The van der Waals surface area contributed by atoms with Crippen molar-refractivity contribution in [2.24, 2.45) is 7.05 Å². The van der Waals surface area contributed by atoms with Gasteiger partial charge in [0.1, 0.15) is 0 Å². The first-order chi connectivity index (χ1) is 6.66. The molecule has 0 aliphatic rings. The number of aryl methyl sites for hydroxylation is 1. The Balaban J connectivity index is 2.84. The van der Waals surface area contributed by atoms with Crippen LogP contribution in [0.4, 0.5) is 0 Å². The summed E-state index contributed by atoms with van der Waals surface area (Å²) in [6.07, 6.45) is 3.26. The summed E-state index contributed by atoms with van der Waals surface area (Å²) in [7, 11) is 1.49. The SMILES string of the molecule is CCCCOc1c[nH]n(C)c(=O)c1=O. The molecule has 0 aliphatic carbocycles. The van der Waals surface area contributed by atoms with E-state index < -0.39 is 11.0 Å². The minimum atomic E-state index is -0.598. The molecule has 78 valence electrons. The second-order valence-corrected chi connectivity index (χ2v) is 3.03. The fourth-order valence-corrected chi connectivity index (χ4v) is 0.971. The van der Waals surface area contributed by atoms with Gasteiger partial charge in [-0.25, -0.2) is 0 Å². The molecule has 1 rings (SSSR count). The van der Waals surface area contributed by atoms with E-state index in [-0.39, 0.29) is 5.75 Å². The topological polar surface area (TPSA) is 64.1 Å². The molecule has 5 nitrogen and oxygen atoms in total. The lowest BCUT2D eigenvalue weighted by molar-refractivity contribution is 0.303. The lowest BCUT2D eigenvalue weighted by Gasteiger charge is -2.04. The molecule has 5 heteroatoms. The zero-order chi connectivity index (χ0) is 10.6. The quantitative estimate of drug-likeness (QED) is 0.557. The maximum absolute atomic E-state index is 11.3. The number of hydrogen-bond donors (Lipinski definition) is 1. The molecule has 0 spiro atoms. The summed E-state index contributed by atoms with van der Waals surface area (Å²) in [5.74, 6) is 0.0987. The average molecular weight is 198 g/mol. The second kappa shape index (κ2) is 4.64. The van der Waals surface area contributed by atoms with Gasteiger partial charge in [0.2, 0.25) is 0 Å². The molecular weight excluding hydrogens is 184 g/mol. The highest BCUT2D eigenvalue weighted by molar-refractivity contribution is 5.13. The van der Waals surface area contributed by atoms with Gasteiger partial charge >= 0.3 is 5.56 Å². The lowest BCUT2D eigenvalue weighted by Crippen LogP contribution is -2.34. The van der Waals surface area contributed by atoms with Crippen molar-refractivity contribution in [3.05, 3.63) is 26.8 Å². The van der Waals surface area contributed by atoms with E-state index >= 15 is 0 Å². The van der Waals surface area contributed by atoms with E-state index in [1.54, 1.807) is 0 Å². The van der Waals surface area contributed by atoms with E-state index in [2.05, 4.69) is 5.10 Å². The van der Waals surface area contributed by atoms with Gasteiger partial charge in [-0.3, -0.25) is 19.4 Å². The summed E-state index contributed by atoms with van der Waals surface area (Å²) in [4.78, 5) is 22.5. The number of unbranched alkanes of at least 4 members (excludes halogenated alkanes) is 1. The largest absolute Gasteiger partial charge is 0.488 e. The van der Waals surface area contributed by atoms with Crippen LogP contribution in [-0.4, -0.2) is 16.4 Å². The van der Waals surface area contributed by atoms with Crippen molar-refractivity contribution < 1.29 is 4.74 Å². The number of nitrogens with zero attached hydrogens (tertiary/aromatic N) is 1. The summed E-state index contributed by atoms with van der Waals surface area (Å²) in [5.41, 5.74) is -1.19. The monoisotopic (exact) mass is 198 g/mol. The fraction of sp³-hybridized carbons (Fsp3) is 0.556. The number of hydrogen-bond acceptors (Lipinski definition) is 3. The number of ether oxygens (including phenoxy) is 1. The third kappa shape index (κ3) is 2.25. The van der Waals surface area contributed by atoms with Crippen molar-refractivity contribution in [3.8, 4) is 5.75 Å². The number of aromatic amines is 1. The Morgan fingerprint density at radius 2 is 2.21 bits per heavy atom. The van der Waals surface area contributed by atoms with E-state index in [0.29, 0.717) is 6.61 Å². The number of aromatic nitrogens is 2. The Hall–Kier alpha value is -1.52. The molecular formula is C9H14N2O3. The minimum Gasteiger partial charge on any atom is -0.488 e. The average Bonchev–Trinajstić information content (AvgIpc) is 2.18. The molecule has 1 heterocycles. The highest BCUT2D eigenvalue weighted by Crippen LogP contribution is 1.98. The molecule has 0 radical (unpaired) electrons. The maximum atomic E-state index is 11.3. The van der Waals surface area contributed by atoms with Gasteiger partial charge < -0.3 is 4.74 Å². The van der Waals surface area contributed by atoms with Gasteiger partial charge in [0.25, 0.3) is 5.43 Å². The molecule has 0 fully saturated rings. The fourth-order valence-electron chi connectivity index (χ4n) is 0.971. The van der Waals surface area contributed by atoms with Crippen LogP contribution in [0.5, 0.6) is 5.75 Å². The van der Waals surface area contributed by atoms with Crippen LogP contribution in [0.15, 0.2) is 15.8 Å². The van der Waals surface area contributed by atoms with Crippen molar-refractivity contribution >= 4 is 0 Å². The van der Waals surface area contributed by atoms with Gasteiger partial charge in [-0.05, 0) is 6.42 Å². The summed E-state index contributed by atoms with van der Waals surface area (Å²) in [6.45, 7) is 2.49. The van der Waals surface area contributed by atoms with Crippen molar-refractivity contribution in [2.75, 3.05) is 6.61 Å². The zero-order valence-electron chi connectivity index (χ0n) is 8.37. The standard InChI is InChI=1S/C9H14N2O3/c1-3-4-5-14-7-6-10-11(2)9(13)8(7)12/h6,10H,3-5H2,1-2H3. The van der Waals surface area contributed by atoms with Gasteiger partial charge in [0.05, 0.1) is 12.8 Å². The van der Waals surface area contributed by atoms with Crippen LogP contribution in [0.3, 0.4) is 0 Å². The molecule has 0 saturated heterocycles. The van der Waals surface area contributed by atoms with Crippen LogP contribution >= 0.6 is 0 Å². The number of H-pyrrole nitrogens is 1. The van der Waals surface area contributed by atoms with Crippen molar-refractivity contribution in [2.45, 2.75) is 19.8 Å². The van der Waals surface area contributed by atoms with E-state index in [4.69, 9.17) is 4.74 Å². The third-order valence-electron chi connectivity index (χ3n) is 1.87. The third-order valence-corrected chi connectivity index (χ3v) is 1.87. The first-order valence-corrected chi connectivity index (χ1v) is 4.58. The first kappa shape index (κ1) is 10.6. The van der Waals surface area contributed by atoms with Crippen molar-refractivity contribution in [1.29, 1.82) is 0 Å².